The van der Waals surface area contributed by atoms with Crippen molar-refractivity contribution in [3.05, 3.63) is 0 Å². The van der Waals surface area contributed by atoms with Crippen LogP contribution in [0.2, 0.25) is 0 Å². The van der Waals surface area contributed by atoms with Gasteiger partial charge in [-0.25, -0.2) is 0 Å². The third-order valence-electron chi connectivity index (χ3n) is 8.75. The van der Waals surface area contributed by atoms with Crippen molar-refractivity contribution < 1.29 is 14.7 Å². The lowest BCUT2D eigenvalue weighted by atomic mass is 9.41. The third-order valence-corrected chi connectivity index (χ3v) is 8.75. The molecule has 2 bridgehead atoms. The van der Waals surface area contributed by atoms with Gasteiger partial charge in [-0.1, -0.05) is 20.8 Å². The third kappa shape index (κ3) is 1.88. The average Bonchev–Trinajstić information content (AvgIpc) is 2.75. The van der Waals surface area contributed by atoms with Gasteiger partial charge in [0.15, 0.2) is 0 Å². The van der Waals surface area contributed by atoms with Crippen molar-refractivity contribution in [3.8, 4) is 0 Å². The summed E-state index contributed by atoms with van der Waals surface area (Å²) in [5.41, 5.74) is 0.290. The van der Waals surface area contributed by atoms with E-state index in [1.165, 1.54) is 6.42 Å². The van der Waals surface area contributed by atoms with Crippen LogP contribution in [-0.4, -0.2) is 16.9 Å². The van der Waals surface area contributed by atoms with Crippen LogP contribution >= 0.6 is 0 Å². The van der Waals surface area contributed by atoms with E-state index in [-0.39, 0.29) is 22.2 Å². The summed E-state index contributed by atoms with van der Waals surface area (Å²) in [4.78, 5) is 24.2. The Kier molecular flexibility index (Phi) is 3.14. The van der Waals surface area contributed by atoms with E-state index in [0.717, 1.165) is 44.9 Å². The SMILES string of the molecule is CC1(C)C(=O)CC[C@]2(C)[C@@H]1CC[C@@]13C[C@@H](CC[C@H]12)[C@@H](C(=O)O)C3. The van der Waals surface area contributed by atoms with Gasteiger partial charge in [0.25, 0.3) is 0 Å². The van der Waals surface area contributed by atoms with Crippen molar-refractivity contribution in [1.82, 2.24) is 0 Å². The quantitative estimate of drug-likeness (QED) is 0.784. The van der Waals surface area contributed by atoms with Gasteiger partial charge in [-0.05, 0) is 73.5 Å². The molecule has 0 heterocycles. The molecule has 0 aromatic rings. The molecule has 0 saturated heterocycles. The van der Waals surface area contributed by atoms with E-state index in [1.807, 2.05) is 0 Å². The largest absolute Gasteiger partial charge is 0.481 e. The molecule has 1 N–H and O–H groups in total. The topological polar surface area (TPSA) is 54.4 Å². The summed E-state index contributed by atoms with van der Waals surface area (Å²) in [6.07, 6.45) is 8.30. The first-order valence-electron chi connectivity index (χ1n) is 9.47. The Labute approximate surface area is 139 Å². The predicted octanol–water partition coefficient (Wildman–Crippen LogP) is 4.30. The molecule has 23 heavy (non-hydrogen) atoms. The van der Waals surface area contributed by atoms with Gasteiger partial charge in [-0.3, -0.25) is 9.59 Å². The van der Waals surface area contributed by atoms with Crippen molar-refractivity contribution in [3.63, 3.8) is 0 Å². The molecule has 3 nitrogen and oxygen atoms in total. The Morgan fingerprint density at radius 3 is 2.48 bits per heavy atom. The molecule has 3 heteroatoms. The molecule has 128 valence electrons. The molecule has 4 saturated carbocycles. The lowest BCUT2D eigenvalue weighted by Gasteiger charge is -2.63. The van der Waals surface area contributed by atoms with Gasteiger partial charge in [-0.15, -0.1) is 0 Å². The Morgan fingerprint density at radius 1 is 1.04 bits per heavy atom. The first-order chi connectivity index (χ1) is 10.7. The summed E-state index contributed by atoms with van der Waals surface area (Å²) in [7, 11) is 0. The fraction of sp³-hybridized carbons (Fsp3) is 0.900. The van der Waals surface area contributed by atoms with Crippen LogP contribution in [0.25, 0.3) is 0 Å². The maximum absolute atomic E-state index is 12.5. The normalized spacial score (nSPS) is 51.0. The number of hydrogen-bond acceptors (Lipinski definition) is 2. The van der Waals surface area contributed by atoms with Crippen molar-refractivity contribution in [2.45, 2.75) is 72.1 Å². The van der Waals surface area contributed by atoms with Gasteiger partial charge >= 0.3 is 5.97 Å². The summed E-state index contributed by atoms with van der Waals surface area (Å²) >= 11 is 0. The Hall–Kier alpha value is -0.860. The number of carbonyl (C=O) groups is 2. The molecular weight excluding hydrogens is 288 g/mol. The van der Waals surface area contributed by atoms with E-state index < -0.39 is 5.97 Å². The van der Waals surface area contributed by atoms with Crippen LogP contribution in [0.4, 0.5) is 0 Å². The van der Waals surface area contributed by atoms with Crippen LogP contribution < -0.4 is 0 Å². The molecule has 0 aliphatic heterocycles. The lowest BCUT2D eigenvalue weighted by molar-refractivity contribution is -0.165. The smallest absolute Gasteiger partial charge is 0.306 e. The van der Waals surface area contributed by atoms with Crippen LogP contribution in [-0.2, 0) is 9.59 Å². The zero-order chi connectivity index (χ0) is 16.6. The molecule has 0 aromatic heterocycles. The Morgan fingerprint density at radius 2 is 1.78 bits per heavy atom. The maximum Gasteiger partial charge on any atom is 0.306 e. The number of aliphatic carboxylic acids is 1. The lowest BCUT2D eigenvalue weighted by Crippen LogP contribution is -2.58. The van der Waals surface area contributed by atoms with Crippen molar-refractivity contribution in [1.29, 1.82) is 0 Å². The number of hydrogen-bond donors (Lipinski definition) is 1. The molecular formula is C20H30O3. The molecule has 4 rings (SSSR count). The second-order valence-corrected chi connectivity index (χ2v) is 9.85. The van der Waals surface area contributed by atoms with E-state index in [1.54, 1.807) is 0 Å². The second kappa shape index (κ2) is 4.61. The zero-order valence-electron chi connectivity index (χ0n) is 14.7. The second-order valence-electron chi connectivity index (χ2n) is 9.85. The van der Waals surface area contributed by atoms with E-state index in [9.17, 15) is 14.7 Å². The molecule has 0 radical (unpaired) electrons. The minimum Gasteiger partial charge on any atom is -0.481 e. The molecule has 4 fully saturated rings. The molecule has 0 amide bonds. The minimum atomic E-state index is -0.570. The number of Topliss-reactive ketones (excluding diaryl/α,β-unsaturated/α-hetero) is 1. The standard InChI is InChI=1S/C20H30O3/c1-18(2)14-6-9-20-10-12(13(11-20)17(22)23)4-5-15(20)19(14,3)8-7-16(18)21/h12-15H,4-11H2,1-3H3,(H,22,23)/t12-,13+,14-,15+,19-,20+/m1/s1. The summed E-state index contributed by atoms with van der Waals surface area (Å²) in [5, 5.41) is 9.62. The van der Waals surface area contributed by atoms with E-state index in [2.05, 4.69) is 20.8 Å². The van der Waals surface area contributed by atoms with Gasteiger partial charge in [-0.2, -0.15) is 0 Å². The zero-order valence-corrected chi connectivity index (χ0v) is 14.7. The number of carboxylic acid groups (broad SMARTS) is 1. The highest BCUT2D eigenvalue weighted by Gasteiger charge is 2.65. The summed E-state index contributed by atoms with van der Waals surface area (Å²) in [6.45, 7) is 6.76. The first-order valence-corrected chi connectivity index (χ1v) is 9.47. The molecule has 0 aromatic carbocycles. The van der Waals surface area contributed by atoms with Crippen LogP contribution in [0.1, 0.15) is 72.1 Å². The summed E-state index contributed by atoms with van der Waals surface area (Å²) < 4.78 is 0. The Balaban J connectivity index is 1.71. The number of carbonyl (C=O) groups excluding carboxylic acids is 1. The van der Waals surface area contributed by atoms with Crippen LogP contribution in [0, 0.1) is 39.9 Å². The van der Waals surface area contributed by atoms with Crippen molar-refractivity contribution in [2.75, 3.05) is 0 Å². The number of rotatable bonds is 1. The number of ketones is 1. The molecule has 1 spiro atoms. The molecule has 6 atom stereocenters. The van der Waals surface area contributed by atoms with Gasteiger partial charge in [0.1, 0.15) is 5.78 Å². The predicted molar refractivity (Wildman–Crippen MR) is 87.9 cm³/mol. The first kappa shape index (κ1) is 15.7. The average molecular weight is 318 g/mol. The van der Waals surface area contributed by atoms with Gasteiger partial charge in [0.2, 0.25) is 0 Å². The van der Waals surface area contributed by atoms with Crippen molar-refractivity contribution >= 4 is 11.8 Å². The highest BCUT2D eigenvalue weighted by Crippen LogP contribution is 2.71. The Bertz CT molecular complexity index is 565. The molecule has 0 unspecified atom stereocenters. The number of fused-ring (bicyclic) bond motifs is 3. The number of carboxylic acids is 1. The van der Waals surface area contributed by atoms with Gasteiger partial charge in [0, 0.05) is 11.8 Å². The van der Waals surface area contributed by atoms with Crippen LogP contribution in [0.5, 0.6) is 0 Å². The van der Waals surface area contributed by atoms with E-state index in [0.29, 0.717) is 23.5 Å². The molecule has 4 aliphatic rings. The fourth-order valence-corrected chi connectivity index (χ4v) is 7.76. The van der Waals surface area contributed by atoms with Gasteiger partial charge < -0.3 is 5.11 Å². The van der Waals surface area contributed by atoms with Crippen LogP contribution in [0.3, 0.4) is 0 Å². The van der Waals surface area contributed by atoms with Gasteiger partial charge in [0.05, 0.1) is 5.92 Å². The monoisotopic (exact) mass is 318 g/mol. The summed E-state index contributed by atoms with van der Waals surface area (Å²) in [5.74, 6) is 1.27. The fourth-order valence-electron chi connectivity index (χ4n) is 7.76. The highest BCUT2D eigenvalue weighted by atomic mass is 16.4. The minimum absolute atomic E-state index is 0.113. The highest BCUT2D eigenvalue weighted by molar-refractivity contribution is 5.85. The maximum atomic E-state index is 12.5. The van der Waals surface area contributed by atoms with E-state index >= 15 is 0 Å². The molecule has 4 aliphatic carbocycles. The van der Waals surface area contributed by atoms with E-state index in [4.69, 9.17) is 0 Å². The van der Waals surface area contributed by atoms with Crippen molar-refractivity contribution in [2.24, 2.45) is 39.9 Å². The summed E-state index contributed by atoms with van der Waals surface area (Å²) in [6, 6.07) is 0. The van der Waals surface area contributed by atoms with Crippen LogP contribution in [0.15, 0.2) is 0 Å².